The molecule has 1 aliphatic heterocycles. The number of nitrogens with zero attached hydrogens (tertiary/aromatic N) is 3. The minimum atomic E-state index is 0.757. The van der Waals surface area contributed by atoms with Crippen LogP contribution in [-0.4, -0.2) is 48.5 Å². The van der Waals surface area contributed by atoms with Crippen molar-refractivity contribution >= 4 is 0 Å². The summed E-state index contributed by atoms with van der Waals surface area (Å²) < 4.78 is 7.45. The molecule has 5 heteroatoms. The Morgan fingerprint density at radius 1 is 1.32 bits per heavy atom. The first-order valence-electron chi connectivity index (χ1n) is 7.85. The normalized spacial score (nSPS) is 18.7. The van der Waals surface area contributed by atoms with E-state index in [0.717, 1.165) is 43.5 Å². The first kappa shape index (κ1) is 15.1. The van der Waals surface area contributed by atoms with Gasteiger partial charge in [0, 0.05) is 19.3 Å². The van der Waals surface area contributed by atoms with Crippen LogP contribution in [0.4, 0.5) is 0 Å². The molecule has 0 radical (unpaired) electrons. The van der Waals surface area contributed by atoms with Crippen molar-refractivity contribution in [1.82, 2.24) is 20.0 Å². The maximum Gasteiger partial charge on any atom is 0.144 e. The zero-order chi connectivity index (χ0) is 15.4. The van der Waals surface area contributed by atoms with Gasteiger partial charge in [-0.1, -0.05) is 12.1 Å². The lowest BCUT2D eigenvalue weighted by Crippen LogP contribution is -2.25. The molecule has 22 heavy (non-hydrogen) atoms. The van der Waals surface area contributed by atoms with E-state index in [0.29, 0.717) is 0 Å². The van der Waals surface area contributed by atoms with Crippen LogP contribution in [0.3, 0.4) is 0 Å². The number of rotatable bonds is 6. The summed E-state index contributed by atoms with van der Waals surface area (Å²) in [5, 5.41) is 7.77. The zero-order valence-corrected chi connectivity index (χ0v) is 13.3. The van der Waals surface area contributed by atoms with Gasteiger partial charge in [0.05, 0.1) is 12.8 Å². The summed E-state index contributed by atoms with van der Waals surface area (Å²) in [7, 11) is 3.73. The molecule has 1 N–H and O–H groups in total. The van der Waals surface area contributed by atoms with E-state index < -0.39 is 0 Å². The van der Waals surface area contributed by atoms with Crippen molar-refractivity contribution in [3.63, 3.8) is 0 Å². The highest BCUT2D eigenvalue weighted by Gasteiger charge is 2.23. The molecule has 0 spiro atoms. The van der Waals surface area contributed by atoms with Gasteiger partial charge in [-0.25, -0.2) is 4.68 Å². The Bertz CT molecular complexity index is 610. The van der Waals surface area contributed by atoms with Crippen molar-refractivity contribution in [2.24, 2.45) is 5.92 Å². The Kier molecular flexibility index (Phi) is 4.75. The highest BCUT2D eigenvalue weighted by Crippen LogP contribution is 2.24. The fourth-order valence-electron chi connectivity index (χ4n) is 3.21. The number of hydrogen-bond donors (Lipinski definition) is 1. The number of hydrogen-bond acceptors (Lipinski definition) is 4. The molecular weight excluding hydrogens is 276 g/mol. The van der Waals surface area contributed by atoms with Crippen LogP contribution in [0.25, 0.3) is 5.69 Å². The van der Waals surface area contributed by atoms with E-state index in [1.54, 1.807) is 7.11 Å². The first-order valence-corrected chi connectivity index (χ1v) is 7.85. The largest absolute Gasteiger partial charge is 0.494 e. The minimum absolute atomic E-state index is 0.757. The zero-order valence-electron chi connectivity index (χ0n) is 13.3. The predicted molar refractivity (Wildman–Crippen MR) is 87.4 cm³/mol. The molecule has 1 fully saturated rings. The number of benzene rings is 1. The molecular formula is C17H24N4O. The Labute approximate surface area is 131 Å². The van der Waals surface area contributed by atoms with Crippen molar-refractivity contribution in [2.45, 2.75) is 13.0 Å². The van der Waals surface area contributed by atoms with Crippen molar-refractivity contribution in [1.29, 1.82) is 0 Å². The van der Waals surface area contributed by atoms with Crippen molar-refractivity contribution in [3.05, 3.63) is 42.2 Å². The van der Waals surface area contributed by atoms with E-state index >= 15 is 0 Å². The van der Waals surface area contributed by atoms with Gasteiger partial charge in [0.1, 0.15) is 11.4 Å². The Morgan fingerprint density at radius 2 is 2.18 bits per heavy atom. The number of para-hydroxylation sites is 2. The summed E-state index contributed by atoms with van der Waals surface area (Å²) in [4.78, 5) is 2.50. The van der Waals surface area contributed by atoms with Gasteiger partial charge in [0.15, 0.2) is 0 Å². The third kappa shape index (κ3) is 3.15. The Morgan fingerprint density at radius 3 is 3.00 bits per heavy atom. The fourth-order valence-corrected chi connectivity index (χ4v) is 3.21. The summed E-state index contributed by atoms with van der Waals surface area (Å²) in [5.41, 5.74) is 2.20. The highest BCUT2D eigenvalue weighted by molar-refractivity contribution is 5.46. The third-order valence-corrected chi connectivity index (χ3v) is 4.28. The lowest BCUT2D eigenvalue weighted by atomic mass is 10.1. The van der Waals surface area contributed by atoms with E-state index in [9.17, 15) is 0 Å². The molecule has 0 saturated carbocycles. The monoisotopic (exact) mass is 300 g/mol. The Balaban J connectivity index is 1.76. The number of aromatic nitrogens is 2. The van der Waals surface area contributed by atoms with Gasteiger partial charge in [0.2, 0.25) is 0 Å². The summed E-state index contributed by atoms with van der Waals surface area (Å²) in [5.74, 6) is 1.61. The fraction of sp³-hybridized carbons (Fsp3) is 0.471. The summed E-state index contributed by atoms with van der Waals surface area (Å²) in [6.07, 6.45) is 3.13. The predicted octanol–water partition coefficient (Wildman–Crippen LogP) is 1.92. The molecule has 118 valence electrons. The maximum atomic E-state index is 5.46. The van der Waals surface area contributed by atoms with E-state index in [4.69, 9.17) is 4.74 Å². The number of likely N-dealkylation sites (tertiary alicyclic amines) is 1. The molecule has 0 bridgehead atoms. The second kappa shape index (κ2) is 6.94. The number of ether oxygens (including phenoxy) is 1. The summed E-state index contributed by atoms with van der Waals surface area (Å²) in [6.45, 7) is 4.34. The molecule has 1 aromatic carbocycles. The molecule has 5 nitrogen and oxygen atoms in total. The SMILES string of the molecule is CNCC1CCN(Cc2ccnn2-c2ccccc2OC)C1. The van der Waals surface area contributed by atoms with Gasteiger partial charge in [-0.2, -0.15) is 5.10 Å². The van der Waals surface area contributed by atoms with Gasteiger partial charge in [-0.05, 0) is 50.7 Å². The minimum Gasteiger partial charge on any atom is -0.494 e. The Hall–Kier alpha value is -1.85. The maximum absolute atomic E-state index is 5.46. The lowest BCUT2D eigenvalue weighted by molar-refractivity contribution is 0.308. The molecule has 0 amide bonds. The quantitative estimate of drug-likeness (QED) is 0.885. The number of methoxy groups -OCH3 is 1. The standard InChI is InChI=1S/C17H24N4O/c1-18-11-14-8-10-20(12-14)13-15-7-9-19-21(15)16-5-3-4-6-17(16)22-2/h3-7,9,14,18H,8,10-13H2,1-2H3. The average Bonchev–Trinajstić information content (AvgIpc) is 3.18. The highest BCUT2D eigenvalue weighted by atomic mass is 16.5. The van der Waals surface area contributed by atoms with Crippen LogP contribution in [0.15, 0.2) is 36.5 Å². The second-order valence-corrected chi connectivity index (χ2v) is 5.85. The van der Waals surface area contributed by atoms with Crippen LogP contribution in [0.1, 0.15) is 12.1 Å². The summed E-state index contributed by atoms with van der Waals surface area (Å²) in [6, 6.07) is 10.1. The van der Waals surface area contributed by atoms with Crippen LogP contribution >= 0.6 is 0 Å². The van der Waals surface area contributed by atoms with E-state index in [1.165, 1.54) is 12.1 Å². The molecule has 3 rings (SSSR count). The molecule has 1 aromatic heterocycles. The van der Waals surface area contributed by atoms with E-state index in [-0.39, 0.29) is 0 Å². The van der Waals surface area contributed by atoms with Gasteiger partial charge >= 0.3 is 0 Å². The second-order valence-electron chi connectivity index (χ2n) is 5.85. The smallest absolute Gasteiger partial charge is 0.144 e. The van der Waals surface area contributed by atoms with Gasteiger partial charge in [-0.3, -0.25) is 4.90 Å². The molecule has 2 aromatic rings. The topological polar surface area (TPSA) is 42.3 Å². The van der Waals surface area contributed by atoms with E-state index in [2.05, 4.69) is 21.4 Å². The molecule has 1 unspecified atom stereocenters. The molecule has 1 saturated heterocycles. The van der Waals surface area contributed by atoms with Crippen molar-refractivity contribution in [2.75, 3.05) is 33.8 Å². The summed E-state index contributed by atoms with van der Waals surface area (Å²) >= 11 is 0. The van der Waals surface area contributed by atoms with E-state index in [1.807, 2.05) is 42.2 Å². The van der Waals surface area contributed by atoms with Crippen LogP contribution in [-0.2, 0) is 6.54 Å². The van der Waals surface area contributed by atoms with Gasteiger partial charge in [0.25, 0.3) is 0 Å². The molecule has 0 aliphatic carbocycles. The van der Waals surface area contributed by atoms with Crippen LogP contribution in [0.5, 0.6) is 5.75 Å². The van der Waals surface area contributed by atoms with Crippen LogP contribution in [0, 0.1) is 5.92 Å². The molecule has 1 atom stereocenters. The number of nitrogens with one attached hydrogen (secondary N) is 1. The average molecular weight is 300 g/mol. The van der Waals surface area contributed by atoms with Crippen LogP contribution < -0.4 is 10.1 Å². The first-order chi connectivity index (χ1) is 10.8. The van der Waals surface area contributed by atoms with Crippen LogP contribution in [0.2, 0.25) is 0 Å². The van der Waals surface area contributed by atoms with Gasteiger partial charge in [-0.15, -0.1) is 0 Å². The third-order valence-electron chi connectivity index (χ3n) is 4.28. The van der Waals surface area contributed by atoms with Gasteiger partial charge < -0.3 is 10.1 Å². The molecule has 2 heterocycles. The van der Waals surface area contributed by atoms with Crippen molar-refractivity contribution in [3.8, 4) is 11.4 Å². The van der Waals surface area contributed by atoms with Crippen molar-refractivity contribution < 1.29 is 4.74 Å². The molecule has 1 aliphatic rings. The lowest BCUT2D eigenvalue weighted by Gasteiger charge is -2.18.